The van der Waals surface area contributed by atoms with Crippen LogP contribution in [0, 0.1) is 20.8 Å². The molecule has 166 valence electrons. The number of halogens is 5. The average Bonchev–Trinajstić information content (AvgIpc) is 3.11. The van der Waals surface area contributed by atoms with E-state index in [0.29, 0.717) is 17.9 Å². The summed E-state index contributed by atoms with van der Waals surface area (Å²) < 4.78 is 42.8. The number of nitrogens with zero attached hydrogens (tertiary/aromatic N) is 4. The van der Waals surface area contributed by atoms with Crippen LogP contribution in [0.1, 0.15) is 34.8 Å². The molecule has 0 aliphatic heterocycles. The van der Waals surface area contributed by atoms with E-state index in [-0.39, 0.29) is 23.3 Å². The topological polar surface area (TPSA) is 64.7 Å². The molecule has 1 amide bonds. The number of hydrogen-bond donors (Lipinski definition) is 1. The first-order valence-corrected chi connectivity index (χ1v) is 10.9. The molecule has 0 unspecified atom stereocenters. The molecule has 0 saturated heterocycles. The van der Waals surface area contributed by atoms with E-state index in [1.54, 1.807) is 6.07 Å². The molecule has 0 atom stereocenters. The number of amides is 1. The van der Waals surface area contributed by atoms with Crippen LogP contribution in [-0.2, 0) is 24.1 Å². The molecule has 0 aliphatic carbocycles. The average molecular weight is 563 g/mol. The lowest BCUT2D eigenvalue weighted by molar-refractivity contribution is -0.142. The molecule has 0 saturated carbocycles. The normalized spacial score (nSPS) is 11.7. The zero-order valence-corrected chi connectivity index (χ0v) is 20.2. The quantitative estimate of drug-likeness (QED) is 0.424. The molecule has 0 aliphatic rings. The molecule has 3 rings (SSSR count). The fourth-order valence-electron chi connectivity index (χ4n) is 3.10. The van der Waals surface area contributed by atoms with E-state index in [1.165, 1.54) is 11.6 Å². The van der Waals surface area contributed by atoms with Crippen molar-refractivity contribution in [3.63, 3.8) is 0 Å². The molecule has 0 bridgehead atoms. The SMILES string of the molecule is Cc1nn(Cc2cccc(NC(=O)CCn3nc(C(F)(F)F)c(Br)c3C)c2)c(C)c1Br. The fourth-order valence-corrected chi connectivity index (χ4v) is 3.90. The number of aryl methyl sites for hydroxylation is 2. The maximum absolute atomic E-state index is 13.0. The predicted octanol–water partition coefficient (Wildman–Crippen LogP) is 5.63. The molecule has 31 heavy (non-hydrogen) atoms. The highest BCUT2D eigenvalue weighted by Gasteiger charge is 2.37. The molecule has 3 aromatic rings. The van der Waals surface area contributed by atoms with Gasteiger partial charge in [-0.3, -0.25) is 14.2 Å². The van der Waals surface area contributed by atoms with Crippen LogP contribution in [0.5, 0.6) is 0 Å². The number of alkyl halides is 3. The molecule has 6 nitrogen and oxygen atoms in total. The zero-order chi connectivity index (χ0) is 22.9. The summed E-state index contributed by atoms with van der Waals surface area (Å²) in [6.45, 7) is 5.98. The molecular formula is C20H20Br2F3N5O. The molecule has 0 spiro atoms. The summed E-state index contributed by atoms with van der Waals surface area (Å²) >= 11 is 6.44. The largest absolute Gasteiger partial charge is 0.436 e. The highest BCUT2D eigenvalue weighted by Crippen LogP contribution is 2.35. The highest BCUT2D eigenvalue weighted by atomic mass is 79.9. The highest BCUT2D eigenvalue weighted by molar-refractivity contribution is 9.10. The Morgan fingerprint density at radius 1 is 1.06 bits per heavy atom. The maximum Gasteiger partial charge on any atom is 0.436 e. The Morgan fingerprint density at radius 3 is 2.32 bits per heavy atom. The lowest BCUT2D eigenvalue weighted by Crippen LogP contribution is -2.16. The van der Waals surface area contributed by atoms with Crippen LogP contribution in [0.25, 0.3) is 0 Å². The molecule has 1 N–H and O–H groups in total. The number of nitrogens with one attached hydrogen (secondary N) is 1. The van der Waals surface area contributed by atoms with Gasteiger partial charge in [0, 0.05) is 12.1 Å². The minimum absolute atomic E-state index is 0.0130. The third kappa shape index (κ3) is 5.38. The van der Waals surface area contributed by atoms with Crippen molar-refractivity contribution in [3.8, 4) is 0 Å². The van der Waals surface area contributed by atoms with Crippen molar-refractivity contribution >= 4 is 43.5 Å². The first-order chi connectivity index (χ1) is 14.5. The maximum atomic E-state index is 13.0. The number of benzene rings is 1. The second kappa shape index (κ2) is 9.15. The number of aromatic nitrogens is 4. The van der Waals surface area contributed by atoms with Gasteiger partial charge in [-0.1, -0.05) is 12.1 Å². The van der Waals surface area contributed by atoms with E-state index < -0.39 is 11.9 Å². The Balaban J connectivity index is 1.64. The van der Waals surface area contributed by atoms with Gasteiger partial charge >= 0.3 is 6.18 Å². The number of carbonyl (C=O) groups is 1. The van der Waals surface area contributed by atoms with Gasteiger partial charge in [0.25, 0.3) is 0 Å². The third-order valence-corrected chi connectivity index (χ3v) is 6.89. The molecule has 2 aromatic heterocycles. The fraction of sp³-hybridized carbons (Fsp3) is 0.350. The standard InChI is InChI=1S/C20H20Br2F3N5O/c1-11-17(21)12(2)30(27-11)10-14-5-4-6-15(9-14)26-16(31)7-8-29-13(3)18(22)19(28-29)20(23,24)25/h4-6,9H,7-8,10H2,1-3H3,(H,26,31). The van der Waals surface area contributed by atoms with Gasteiger partial charge in [0.05, 0.1) is 39.1 Å². The minimum Gasteiger partial charge on any atom is -0.326 e. The van der Waals surface area contributed by atoms with Crippen LogP contribution in [-0.4, -0.2) is 25.5 Å². The van der Waals surface area contributed by atoms with Gasteiger partial charge in [0.1, 0.15) is 0 Å². The van der Waals surface area contributed by atoms with Crippen LogP contribution in [0.3, 0.4) is 0 Å². The lowest BCUT2D eigenvalue weighted by atomic mass is 10.2. The van der Waals surface area contributed by atoms with E-state index in [9.17, 15) is 18.0 Å². The summed E-state index contributed by atoms with van der Waals surface area (Å²) in [5.74, 6) is -0.314. The van der Waals surface area contributed by atoms with Crippen molar-refractivity contribution < 1.29 is 18.0 Å². The van der Waals surface area contributed by atoms with Crippen LogP contribution < -0.4 is 5.32 Å². The van der Waals surface area contributed by atoms with Gasteiger partial charge in [-0.05, 0) is 70.3 Å². The Hall–Kier alpha value is -2.14. The number of hydrogen-bond acceptors (Lipinski definition) is 3. The summed E-state index contributed by atoms with van der Waals surface area (Å²) in [4.78, 5) is 12.3. The van der Waals surface area contributed by atoms with Crippen molar-refractivity contribution in [2.45, 2.75) is 46.5 Å². The third-order valence-electron chi connectivity index (χ3n) is 4.79. The molecule has 0 fully saturated rings. The first-order valence-electron chi connectivity index (χ1n) is 9.35. The predicted molar refractivity (Wildman–Crippen MR) is 118 cm³/mol. The van der Waals surface area contributed by atoms with Crippen molar-refractivity contribution in [2.24, 2.45) is 0 Å². The van der Waals surface area contributed by atoms with Crippen molar-refractivity contribution in [3.05, 3.63) is 61.6 Å². The van der Waals surface area contributed by atoms with E-state index in [1.807, 2.05) is 36.7 Å². The van der Waals surface area contributed by atoms with Crippen LogP contribution in [0.2, 0.25) is 0 Å². The van der Waals surface area contributed by atoms with Gasteiger partial charge in [0.15, 0.2) is 5.69 Å². The number of anilines is 1. The summed E-state index contributed by atoms with van der Waals surface area (Å²) in [5, 5.41) is 10.9. The smallest absolute Gasteiger partial charge is 0.326 e. The molecular weight excluding hydrogens is 543 g/mol. The van der Waals surface area contributed by atoms with Gasteiger partial charge in [-0.15, -0.1) is 0 Å². The summed E-state index contributed by atoms with van der Waals surface area (Å²) in [6.07, 6.45) is -4.57. The molecule has 11 heteroatoms. The second-order valence-electron chi connectivity index (χ2n) is 7.11. The lowest BCUT2D eigenvalue weighted by Gasteiger charge is -2.09. The molecule has 1 aromatic carbocycles. The van der Waals surface area contributed by atoms with E-state index in [2.05, 4.69) is 47.4 Å². The Morgan fingerprint density at radius 2 is 1.74 bits per heavy atom. The molecule has 0 radical (unpaired) electrons. The minimum atomic E-state index is -4.56. The van der Waals surface area contributed by atoms with Gasteiger partial charge in [-0.25, -0.2) is 0 Å². The van der Waals surface area contributed by atoms with Crippen LogP contribution in [0.15, 0.2) is 33.2 Å². The Kier molecular flexibility index (Phi) is 6.95. The number of carbonyl (C=O) groups excluding carboxylic acids is 1. The van der Waals surface area contributed by atoms with Gasteiger partial charge in [-0.2, -0.15) is 23.4 Å². The zero-order valence-electron chi connectivity index (χ0n) is 17.0. The van der Waals surface area contributed by atoms with Crippen molar-refractivity contribution in [2.75, 3.05) is 5.32 Å². The first kappa shape index (κ1) is 23.5. The van der Waals surface area contributed by atoms with Crippen LogP contribution >= 0.6 is 31.9 Å². The Labute approximate surface area is 194 Å². The Bertz CT molecular complexity index is 1120. The molecule has 2 heterocycles. The van der Waals surface area contributed by atoms with Crippen molar-refractivity contribution in [1.82, 2.24) is 19.6 Å². The van der Waals surface area contributed by atoms with E-state index in [0.717, 1.165) is 21.4 Å². The summed E-state index contributed by atoms with van der Waals surface area (Å²) in [5.41, 5.74) is 2.80. The second-order valence-corrected chi connectivity index (χ2v) is 8.70. The van der Waals surface area contributed by atoms with Gasteiger partial charge < -0.3 is 5.32 Å². The van der Waals surface area contributed by atoms with E-state index in [4.69, 9.17) is 0 Å². The van der Waals surface area contributed by atoms with Crippen LogP contribution in [0.4, 0.5) is 18.9 Å². The monoisotopic (exact) mass is 561 g/mol. The number of rotatable bonds is 6. The van der Waals surface area contributed by atoms with Crippen molar-refractivity contribution in [1.29, 1.82) is 0 Å². The summed E-state index contributed by atoms with van der Waals surface area (Å²) in [6, 6.07) is 7.37. The van der Waals surface area contributed by atoms with E-state index >= 15 is 0 Å². The summed E-state index contributed by atoms with van der Waals surface area (Å²) in [7, 11) is 0. The van der Waals surface area contributed by atoms with Gasteiger partial charge in [0.2, 0.25) is 5.91 Å².